The molecule has 0 saturated heterocycles. The first-order chi connectivity index (χ1) is 11.5. The predicted molar refractivity (Wildman–Crippen MR) is 93.0 cm³/mol. The average Bonchev–Trinajstić information content (AvgIpc) is 2.57. The van der Waals surface area contributed by atoms with Gasteiger partial charge in [0.15, 0.2) is 4.90 Å². The molecule has 1 heterocycles. The number of carboxylic acid groups (broad SMARTS) is 1. The number of rotatable bonds is 4. The molecule has 1 N–H and O–H groups in total. The molecule has 0 fully saturated rings. The van der Waals surface area contributed by atoms with Gasteiger partial charge in [0, 0.05) is 11.6 Å². The summed E-state index contributed by atoms with van der Waals surface area (Å²) in [6.45, 7) is 0.364. The van der Waals surface area contributed by atoms with Crippen LogP contribution < -0.4 is 5.56 Å². The van der Waals surface area contributed by atoms with Gasteiger partial charge in [-0.2, -0.15) is 0 Å². The van der Waals surface area contributed by atoms with E-state index < -0.39 is 17.1 Å². The number of nitrogens with zero attached hydrogens (tertiary/aromatic N) is 1. The first kappa shape index (κ1) is 16.3. The van der Waals surface area contributed by atoms with E-state index in [9.17, 15) is 14.1 Å². The smallest absolute Gasteiger partial charge is 0.335 e. The molecule has 0 bridgehead atoms. The molecule has 2 aromatic carbocycles. The molecule has 1 aromatic heterocycles. The first-order valence-electron chi connectivity index (χ1n) is 7.24. The third kappa shape index (κ3) is 3.20. The van der Waals surface area contributed by atoms with Gasteiger partial charge in [-0.05, 0) is 52.5 Å². The van der Waals surface area contributed by atoms with Gasteiger partial charge in [-0.1, -0.05) is 18.2 Å². The zero-order valence-electron chi connectivity index (χ0n) is 12.9. The maximum atomic E-state index is 12.6. The first-order valence-corrected chi connectivity index (χ1v) is 8.80. The van der Waals surface area contributed by atoms with Crippen LogP contribution in [-0.2, 0) is 17.7 Å². The molecule has 6 heteroatoms. The van der Waals surface area contributed by atoms with Crippen molar-refractivity contribution < 1.29 is 14.5 Å². The molecule has 3 aromatic rings. The van der Waals surface area contributed by atoms with E-state index in [0.29, 0.717) is 17.3 Å². The minimum atomic E-state index is -1.06. The summed E-state index contributed by atoms with van der Waals surface area (Å²) in [5.74, 6) is -1.06. The Labute approximate surface area is 141 Å². The number of fused-ring (bicyclic) bond motifs is 1. The number of aromatic nitrogens is 1. The molecule has 0 aliphatic heterocycles. The molecule has 0 spiro atoms. The minimum Gasteiger partial charge on any atom is -0.612 e. The summed E-state index contributed by atoms with van der Waals surface area (Å²) < 4.78 is 12.9. The third-order valence-corrected chi connectivity index (χ3v) is 4.77. The lowest BCUT2D eigenvalue weighted by atomic mass is 10.1. The monoisotopic (exact) mass is 341 g/mol. The van der Waals surface area contributed by atoms with E-state index in [1.807, 2.05) is 12.1 Å². The molecular formula is C18H15NO4S. The van der Waals surface area contributed by atoms with Gasteiger partial charge in [-0.25, -0.2) is 4.79 Å². The molecule has 1 atom stereocenters. The fourth-order valence-corrected chi connectivity index (χ4v) is 3.04. The Morgan fingerprint density at radius 3 is 2.50 bits per heavy atom. The van der Waals surface area contributed by atoms with Gasteiger partial charge in [0.05, 0.1) is 12.1 Å². The highest BCUT2D eigenvalue weighted by atomic mass is 32.2. The second-order valence-corrected chi connectivity index (χ2v) is 6.83. The lowest BCUT2D eigenvalue weighted by Crippen LogP contribution is -2.20. The van der Waals surface area contributed by atoms with Gasteiger partial charge >= 0.3 is 5.97 Å². The van der Waals surface area contributed by atoms with Crippen LogP contribution >= 0.6 is 0 Å². The zero-order chi connectivity index (χ0) is 17.3. The molecule has 122 valence electrons. The van der Waals surface area contributed by atoms with E-state index in [0.717, 1.165) is 10.5 Å². The zero-order valence-corrected chi connectivity index (χ0v) is 13.7. The maximum absolute atomic E-state index is 12.6. The Balaban J connectivity index is 1.99. The molecule has 0 amide bonds. The van der Waals surface area contributed by atoms with Crippen LogP contribution in [0.15, 0.2) is 64.4 Å². The van der Waals surface area contributed by atoms with E-state index in [4.69, 9.17) is 5.11 Å². The highest BCUT2D eigenvalue weighted by Crippen LogP contribution is 2.14. The number of carbonyl (C=O) groups is 1. The molecule has 1 unspecified atom stereocenters. The van der Waals surface area contributed by atoms with Crippen molar-refractivity contribution in [3.63, 3.8) is 0 Å². The molecule has 0 radical (unpaired) electrons. The molecule has 3 rings (SSSR count). The van der Waals surface area contributed by atoms with Crippen molar-refractivity contribution in [3.05, 3.63) is 76.2 Å². The maximum Gasteiger partial charge on any atom is 0.335 e. The molecule has 0 aliphatic carbocycles. The lowest BCUT2D eigenvalue weighted by molar-refractivity contribution is 0.0697. The van der Waals surface area contributed by atoms with Gasteiger partial charge in [0.1, 0.15) is 6.26 Å². The van der Waals surface area contributed by atoms with Crippen molar-refractivity contribution in [1.82, 2.24) is 4.57 Å². The van der Waals surface area contributed by atoms with Crippen molar-refractivity contribution in [3.8, 4) is 0 Å². The van der Waals surface area contributed by atoms with Crippen molar-refractivity contribution in [2.75, 3.05) is 6.26 Å². The predicted octanol–water partition coefficient (Wildman–Crippen LogP) is 2.49. The van der Waals surface area contributed by atoms with Crippen molar-refractivity contribution in [1.29, 1.82) is 0 Å². The van der Waals surface area contributed by atoms with Crippen LogP contribution in [0, 0.1) is 0 Å². The van der Waals surface area contributed by atoms with Crippen molar-refractivity contribution >= 4 is 27.9 Å². The summed E-state index contributed by atoms with van der Waals surface area (Å²) in [4.78, 5) is 24.4. The molecule has 0 saturated carbocycles. The largest absolute Gasteiger partial charge is 0.612 e. The van der Waals surface area contributed by atoms with Gasteiger partial charge in [0.2, 0.25) is 0 Å². The van der Waals surface area contributed by atoms with Crippen LogP contribution in [0.3, 0.4) is 0 Å². The number of carboxylic acids is 1. The second kappa shape index (κ2) is 6.51. The number of benzene rings is 2. The van der Waals surface area contributed by atoms with Crippen LogP contribution in [0.4, 0.5) is 0 Å². The Morgan fingerprint density at radius 1 is 1.17 bits per heavy atom. The molecule has 0 aliphatic rings. The molecule has 24 heavy (non-hydrogen) atoms. The van der Waals surface area contributed by atoms with Gasteiger partial charge in [-0.3, -0.25) is 4.79 Å². The minimum absolute atomic E-state index is 0.0899. The van der Waals surface area contributed by atoms with Crippen LogP contribution in [0.5, 0.6) is 0 Å². The van der Waals surface area contributed by atoms with E-state index in [1.54, 1.807) is 36.7 Å². The van der Waals surface area contributed by atoms with Crippen LogP contribution in [0.25, 0.3) is 10.8 Å². The summed E-state index contributed by atoms with van der Waals surface area (Å²) in [6, 6.07) is 13.5. The lowest BCUT2D eigenvalue weighted by Gasteiger charge is -2.09. The van der Waals surface area contributed by atoms with Crippen molar-refractivity contribution in [2.45, 2.75) is 11.4 Å². The fourth-order valence-electron chi connectivity index (χ4n) is 2.52. The normalized spacial score (nSPS) is 12.2. The number of hydrogen-bond acceptors (Lipinski definition) is 3. The third-order valence-electron chi connectivity index (χ3n) is 3.83. The Hall–Kier alpha value is -2.57. The van der Waals surface area contributed by atoms with Gasteiger partial charge < -0.3 is 14.2 Å². The quantitative estimate of drug-likeness (QED) is 0.739. The topological polar surface area (TPSA) is 82.4 Å². The van der Waals surface area contributed by atoms with E-state index in [1.165, 1.54) is 16.7 Å². The fraction of sp³-hybridized carbons (Fsp3) is 0.111. The SMILES string of the molecule is C[S+]([O-])c1ccc(Cn2ccc3ccc(C(=O)O)cc3c2=O)cc1. The van der Waals surface area contributed by atoms with Crippen LogP contribution in [0.2, 0.25) is 0 Å². The highest BCUT2D eigenvalue weighted by Gasteiger charge is 2.09. The molecule has 5 nitrogen and oxygen atoms in total. The number of hydrogen-bond donors (Lipinski definition) is 1. The Bertz CT molecular complexity index is 961. The van der Waals surface area contributed by atoms with Crippen LogP contribution in [-0.4, -0.2) is 26.5 Å². The average molecular weight is 341 g/mol. The Morgan fingerprint density at radius 2 is 1.88 bits per heavy atom. The van der Waals surface area contributed by atoms with E-state index in [-0.39, 0.29) is 11.1 Å². The number of aromatic carboxylic acids is 1. The summed E-state index contributed by atoms with van der Waals surface area (Å²) in [6.07, 6.45) is 3.31. The van der Waals surface area contributed by atoms with Gasteiger partial charge in [-0.15, -0.1) is 0 Å². The summed E-state index contributed by atoms with van der Waals surface area (Å²) in [7, 11) is 0. The number of pyridine rings is 1. The van der Waals surface area contributed by atoms with Crippen molar-refractivity contribution in [2.24, 2.45) is 0 Å². The van der Waals surface area contributed by atoms with Gasteiger partial charge in [0.25, 0.3) is 5.56 Å². The summed E-state index contributed by atoms with van der Waals surface area (Å²) >= 11 is -1.04. The highest BCUT2D eigenvalue weighted by molar-refractivity contribution is 7.90. The Kier molecular flexibility index (Phi) is 4.42. The van der Waals surface area contributed by atoms with E-state index >= 15 is 0 Å². The van der Waals surface area contributed by atoms with E-state index in [2.05, 4.69) is 0 Å². The second-order valence-electron chi connectivity index (χ2n) is 5.45. The molecular weight excluding hydrogens is 326 g/mol. The summed E-state index contributed by atoms with van der Waals surface area (Å²) in [5, 5.41) is 10.2. The standard InChI is InChI=1S/C18H15NO4S/c1-24(23)15-6-2-12(3-7-15)11-19-9-8-13-4-5-14(18(21)22)10-16(13)17(19)20/h2-10H,11H2,1H3,(H,21,22). The van der Waals surface area contributed by atoms with Crippen LogP contribution in [0.1, 0.15) is 15.9 Å². The summed E-state index contributed by atoms with van der Waals surface area (Å²) in [5.41, 5.74) is 0.755.